The molecule has 0 bridgehead atoms. The molecule has 0 saturated carbocycles. The first-order valence-electron chi connectivity index (χ1n) is 9.09. The first kappa shape index (κ1) is 19.2. The molecular weight excluding hydrogens is 441 g/mol. The Labute approximate surface area is 168 Å². The van der Waals surface area contributed by atoms with Gasteiger partial charge in [0.25, 0.3) is 0 Å². The maximum absolute atomic E-state index is 11.5. The van der Waals surface area contributed by atoms with Crippen LogP contribution < -0.4 is 4.74 Å². The minimum Gasteiger partial charge on any atom is -0.497 e. The Kier molecular flexibility index (Phi) is 6.21. The van der Waals surface area contributed by atoms with E-state index in [9.17, 15) is 4.79 Å². The highest BCUT2D eigenvalue weighted by Gasteiger charge is 2.28. The van der Waals surface area contributed by atoms with Gasteiger partial charge in [-0.3, -0.25) is 9.48 Å². The van der Waals surface area contributed by atoms with Crippen molar-refractivity contribution >= 4 is 28.5 Å². The number of carbonyl (C=O) groups is 1. The van der Waals surface area contributed by atoms with E-state index in [1.807, 2.05) is 21.7 Å². The van der Waals surface area contributed by atoms with Gasteiger partial charge in [-0.25, -0.2) is 0 Å². The Hall–Kier alpha value is -1.57. The van der Waals surface area contributed by atoms with Crippen LogP contribution in [-0.2, 0) is 11.3 Å². The Bertz CT molecular complexity index is 749. The van der Waals surface area contributed by atoms with E-state index in [0.29, 0.717) is 11.8 Å². The fourth-order valence-corrected chi connectivity index (χ4v) is 4.58. The summed E-state index contributed by atoms with van der Waals surface area (Å²) in [6, 6.07) is 8.12. The van der Waals surface area contributed by atoms with Crippen LogP contribution in [0.3, 0.4) is 0 Å². The van der Waals surface area contributed by atoms with Gasteiger partial charge in [0.15, 0.2) is 0 Å². The second kappa shape index (κ2) is 8.41. The third kappa shape index (κ3) is 4.39. The molecular formula is C20H26IN3O2. The van der Waals surface area contributed by atoms with Gasteiger partial charge in [0, 0.05) is 32.1 Å². The van der Waals surface area contributed by atoms with Gasteiger partial charge in [0.05, 0.1) is 22.9 Å². The van der Waals surface area contributed by atoms with E-state index >= 15 is 0 Å². The zero-order chi connectivity index (χ0) is 18.7. The number of nitrogens with zero attached hydrogens (tertiary/aromatic N) is 3. The molecule has 0 spiro atoms. The highest BCUT2D eigenvalue weighted by atomic mass is 127. The van der Waals surface area contributed by atoms with Crippen LogP contribution in [0, 0.1) is 9.49 Å². The second-order valence-corrected chi connectivity index (χ2v) is 8.20. The van der Waals surface area contributed by atoms with Gasteiger partial charge in [0.2, 0.25) is 5.91 Å². The first-order valence-corrected chi connectivity index (χ1v) is 10.2. The summed E-state index contributed by atoms with van der Waals surface area (Å²) in [5.41, 5.74) is 2.39. The quantitative estimate of drug-likeness (QED) is 0.627. The van der Waals surface area contributed by atoms with Gasteiger partial charge in [-0.2, -0.15) is 5.10 Å². The molecule has 0 radical (unpaired) electrons. The molecule has 1 fully saturated rings. The monoisotopic (exact) mass is 467 g/mol. The van der Waals surface area contributed by atoms with E-state index in [1.54, 1.807) is 14.0 Å². The molecule has 26 heavy (non-hydrogen) atoms. The molecule has 0 aliphatic carbocycles. The third-order valence-corrected chi connectivity index (χ3v) is 6.20. The lowest BCUT2D eigenvalue weighted by Gasteiger charge is -2.34. The number of piperidine rings is 1. The van der Waals surface area contributed by atoms with E-state index in [4.69, 9.17) is 9.84 Å². The molecule has 5 nitrogen and oxygen atoms in total. The Morgan fingerprint density at radius 1 is 1.31 bits per heavy atom. The highest BCUT2D eigenvalue weighted by molar-refractivity contribution is 14.1. The normalized spacial score (nSPS) is 16.5. The summed E-state index contributed by atoms with van der Waals surface area (Å²) >= 11 is 2.39. The van der Waals surface area contributed by atoms with Crippen LogP contribution in [0.1, 0.15) is 43.9 Å². The van der Waals surface area contributed by atoms with Crippen molar-refractivity contribution in [1.82, 2.24) is 14.7 Å². The second-order valence-electron chi connectivity index (χ2n) is 7.04. The Morgan fingerprint density at radius 2 is 1.96 bits per heavy atom. The molecule has 1 aliphatic heterocycles. The highest BCUT2D eigenvalue weighted by Crippen LogP contribution is 2.33. The number of ether oxygens (including phenoxy) is 1. The average molecular weight is 467 g/mol. The number of benzene rings is 1. The van der Waals surface area contributed by atoms with Crippen molar-refractivity contribution in [3.05, 3.63) is 45.3 Å². The first-order chi connectivity index (χ1) is 12.5. The lowest BCUT2D eigenvalue weighted by molar-refractivity contribution is -0.130. The van der Waals surface area contributed by atoms with Crippen LogP contribution >= 0.6 is 22.6 Å². The molecule has 0 N–H and O–H groups in total. The van der Waals surface area contributed by atoms with Crippen molar-refractivity contribution in [2.45, 2.75) is 39.2 Å². The standard InChI is InChI=1S/C20H26IN3O2/c1-14(17-8-10-23(11-9-17)15(2)25)20-19(21)13-24(22-20)12-16-4-6-18(26-3)7-5-16/h4-7,13-14,17H,8-12H2,1-3H3. The van der Waals surface area contributed by atoms with E-state index in [0.717, 1.165) is 38.2 Å². The van der Waals surface area contributed by atoms with Gasteiger partial charge >= 0.3 is 0 Å². The number of hydrogen-bond donors (Lipinski definition) is 0. The molecule has 1 aromatic carbocycles. The van der Waals surface area contributed by atoms with E-state index in [-0.39, 0.29) is 5.91 Å². The lowest BCUT2D eigenvalue weighted by Crippen LogP contribution is -2.38. The molecule has 3 rings (SSSR count). The van der Waals surface area contributed by atoms with Gasteiger partial charge in [-0.1, -0.05) is 19.1 Å². The summed E-state index contributed by atoms with van der Waals surface area (Å²) in [4.78, 5) is 13.5. The number of likely N-dealkylation sites (tertiary alicyclic amines) is 1. The number of aromatic nitrogens is 2. The third-order valence-electron chi connectivity index (χ3n) is 5.37. The van der Waals surface area contributed by atoms with Crippen molar-refractivity contribution in [2.24, 2.45) is 5.92 Å². The number of carbonyl (C=O) groups excluding carboxylic acids is 1. The zero-order valence-electron chi connectivity index (χ0n) is 15.6. The largest absolute Gasteiger partial charge is 0.497 e. The summed E-state index contributed by atoms with van der Waals surface area (Å²) in [7, 11) is 1.68. The van der Waals surface area contributed by atoms with Crippen molar-refractivity contribution in [3.8, 4) is 5.75 Å². The number of amides is 1. The lowest BCUT2D eigenvalue weighted by atomic mass is 9.83. The minimum absolute atomic E-state index is 0.189. The van der Waals surface area contributed by atoms with Crippen molar-refractivity contribution in [3.63, 3.8) is 0 Å². The van der Waals surface area contributed by atoms with Crippen LogP contribution in [0.2, 0.25) is 0 Å². The van der Waals surface area contributed by atoms with E-state index < -0.39 is 0 Å². The summed E-state index contributed by atoms with van der Waals surface area (Å²) in [5, 5.41) is 4.87. The summed E-state index contributed by atoms with van der Waals surface area (Å²) in [6.07, 6.45) is 4.24. The zero-order valence-corrected chi connectivity index (χ0v) is 17.8. The van der Waals surface area contributed by atoms with Crippen molar-refractivity contribution in [2.75, 3.05) is 20.2 Å². The minimum atomic E-state index is 0.189. The van der Waals surface area contributed by atoms with Crippen LogP contribution in [0.25, 0.3) is 0 Å². The van der Waals surface area contributed by atoms with Gasteiger partial charge < -0.3 is 9.64 Å². The molecule has 1 unspecified atom stereocenters. The molecule has 1 amide bonds. The van der Waals surface area contributed by atoms with Crippen LogP contribution in [-0.4, -0.2) is 40.8 Å². The number of hydrogen-bond acceptors (Lipinski definition) is 3. The fraction of sp³-hybridized carbons (Fsp3) is 0.500. The number of rotatable bonds is 5. The molecule has 1 saturated heterocycles. The maximum atomic E-state index is 11.5. The van der Waals surface area contributed by atoms with Crippen LogP contribution in [0.5, 0.6) is 5.75 Å². The molecule has 1 atom stereocenters. The topological polar surface area (TPSA) is 47.4 Å². The maximum Gasteiger partial charge on any atom is 0.219 e. The number of halogens is 1. The van der Waals surface area contributed by atoms with Crippen LogP contribution in [0.4, 0.5) is 0 Å². The van der Waals surface area contributed by atoms with Crippen molar-refractivity contribution < 1.29 is 9.53 Å². The van der Waals surface area contributed by atoms with Gasteiger partial charge in [-0.05, 0) is 59.0 Å². The fourth-order valence-electron chi connectivity index (χ4n) is 3.66. The van der Waals surface area contributed by atoms with Crippen LogP contribution in [0.15, 0.2) is 30.5 Å². The SMILES string of the molecule is COc1ccc(Cn2cc(I)c(C(C)C3CCN(C(C)=O)CC3)n2)cc1. The summed E-state index contributed by atoms with van der Waals surface area (Å²) in [6.45, 7) is 6.43. The van der Waals surface area contributed by atoms with Gasteiger partial charge in [-0.15, -0.1) is 0 Å². The number of methoxy groups -OCH3 is 1. The molecule has 1 aromatic heterocycles. The predicted molar refractivity (Wildman–Crippen MR) is 110 cm³/mol. The molecule has 1 aliphatic rings. The Balaban J connectivity index is 1.66. The Morgan fingerprint density at radius 3 is 2.54 bits per heavy atom. The summed E-state index contributed by atoms with van der Waals surface area (Å²) in [5.74, 6) is 2.06. The molecule has 6 heteroatoms. The predicted octanol–water partition coefficient (Wildman–Crippen LogP) is 3.91. The molecule has 140 valence electrons. The van der Waals surface area contributed by atoms with E-state index in [2.05, 4.69) is 47.8 Å². The average Bonchev–Trinajstić information content (AvgIpc) is 3.02. The molecule has 2 aromatic rings. The molecule has 2 heterocycles. The smallest absolute Gasteiger partial charge is 0.219 e. The van der Waals surface area contributed by atoms with Crippen molar-refractivity contribution in [1.29, 1.82) is 0 Å². The van der Waals surface area contributed by atoms with E-state index in [1.165, 1.54) is 14.8 Å². The van der Waals surface area contributed by atoms with Gasteiger partial charge in [0.1, 0.15) is 5.75 Å². The summed E-state index contributed by atoms with van der Waals surface area (Å²) < 4.78 is 8.46.